The minimum atomic E-state index is -0.506. The van der Waals surface area contributed by atoms with Crippen LogP contribution in [0.2, 0.25) is 0 Å². The fraction of sp³-hybridized carbons (Fsp3) is 0.696. The fourth-order valence-corrected chi connectivity index (χ4v) is 7.15. The van der Waals surface area contributed by atoms with E-state index in [4.69, 9.17) is 0 Å². The molecular formula is C23H31N5O3. The van der Waals surface area contributed by atoms with E-state index in [2.05, 4.69) is 15.5 Å². The summed E-state index contributed by atoms with van der Waals surface area (Å²) in [6, 6.07) is 2.13. The number of hydrogen-bond acceptors (Lipinski definition) is 5. The van der Waals surface area contributed by atoms with Crippen LogP contribution in [-0.2, 0) is 0 Å². The van der Waals surface area contributed by atoms with Gasteiger partial charge in [-0.1, -0.05) is 0 Å². The van der Waals surface area contributed by atoms with Gasteiger partial charge in [0, 0.05) is 18.4 Å². The second-order valence-electron chi connectivity index (χ2n) is 10.4. The topological polar surface area (TPSA) is 105 Å². The molecule has 5 saturated carbocycles. The lowest BCUT2D eigenvalue weighted by molar-refractivity contribution is -0.136. The van der Waals surface area contributed by atoms with Gasteiger partial charge in [0.1, 0.15) is 5.56 Å². The van der Waals surface area contributed by atoms with E-state index in [-0.39, 0.29) is 24.1 Å². The van der Waals surface area contributed by atoms with E-state index >= 15 is 0 Å². The first-order valence-corrected chi connectivity index (χ1v) is 11.8. The van der Waals surface area contributed by atoms with E-state index in [1.807, 2.05) is 16.9 Å². The molecule has 5 aliphatic carbocycles. The van der Waals surface area contributed by atoms with Crippen molar-refractivity contribution in [1.29, 1.82) is 0 Å². The van der Waals surface area contributed by atoms with Crippen LogP contribution in [0.4, 0.5) is 0 Å². The second-order valence-corrected chi connectivity index (χ2v) is 10.4. The number of aliphatic hydroxyl groups excluding tert-OH is 1. The Hall–Kier alpha value is -2.19. The van der Waals surface area contributed by atoms with E-state index in [9.17, 15) is 15.0 Å². The maximum atomic E-state index is 13.5. The Morgan fingerprint density at radius 1 is 1.10 bits per heavy atom. The Kier molecular flexibility index (Phi) is 4.51. The van der Waals surface area contributed by atoms with Crippen molar-refractivity contribution in [3.63, 3.8) is 0 Å². The smallest absolute Gasteiger partial charge is 0.256 e. The average molecular weight is 426 g/mol. The Labute approximate surface area is 181 Å². The van der Waals surface area contributed by atoms with Crippen LogP contribution >= 0.6 is 0 Å². The minimum absolute atomic E-state index is 0.0999. The highest BCUT2D eigenvalue weighted by atomic mass is 16.3. The van der Waals surface area contributed by atoms with Gasteiger partial charge in [-0.05, 0) is 81.6 Å². The van der Waals surface area contributed by atoms with Gasteiger partial charge in [0.15, 0.2) is 5.82 Å². The molecule has 8 nitrogen and oxygen atoms in total. The predicted molar refractivity (Wildman–Crippen MR) is 113 cm³/mol. The number of aliphatic hydroxyl groups is 2. The maximum Gasteiger partial charge on any atom is 0.256 e. The minimum Gasteiger partial charge on any atom is -0.393 e. The number of carbonyl (C=O) groups excluding carboxylic acids is 1. The van der Waals surface area contributed by atoms with E-state index < -0.39 is 5.60 Å². The Morgan fingerprint density at radius 2 is 1.84 bits per heavy atom. The highest BCUT2D eigenvalue weighted by molar-refractivity contribution is 5.97. The summed E-state index contributed by atoms with van der Waals surface area (Å²) in [5.74, 6) is 1.94. The number of amides is 1. The summed E-state index contributed by atoms with van der Waals surface area (Å²) < 4.78 is 3.65. The molecule has 0 radical (unpaired) electrons. The zero-order valence-electron chi connectivity index (χ0n) is 17.7. The van der Waals surface area contributed by atoms with Gasteiger partial charge in [0.05, 0.1) is 23.9 Å². The van der Waals surface area contributed by atoms with Crippen LogP contribution in [0.1, 0.15) is 74.2 Å². The molecule has 7 rings (SSSR count). The van der Waals surface area contributed by atoms with Crippen LogP contribution in [-0.4, -0.2) is 53.4 Å². The Balaban J connectivity index is 1.28. The summed E-state index contributed by atoms with van der Waals surface area (Å²) >= 11 is 0. The van der Waals surface area contributed by atoms with Crippen molar-refractivity contribution in [2.75, 3.05) is 0 Å². The summed E-state index contributed by atoms with van der Waals surface area (Å²) in [7, 11) is 0. The molecule has 5 aliphatic rings. The van der Waals surface area contributed by atoms with E-state index in [0.29, 0.717) is 29.1 Å². The summed E-state index contributed by atoms with van der Waals surface area (Å²) in [6.45, 7) is 0. The molecule has 4 bridgehead atoms. The first kappa shape index (κ1) is 19.5. The third kappa shape index (κ3) is 3.31. The molecule has 0 aromatic carbocycles. The van der Waals surface area contributed by atoms with Gasteiger partial charge >= 0.3 is 0 Å². The lowest BCUT2D eigenvalue weighted by atomic mass is 9.52. The summed E-state index contributed by atoms with van der Waals surface area (Å²) in [5, 5.41) is 33.1. The number of aromatic nitrogens is 4. The zero-order chi connectivity index (χ0) is 21.2. The highest BCUT2D eigenvalue weighted by Crippen LogP contribution is 2.55. The van der Waals surface area contributed by atoms with Gasteiger partial charge < -0.3 is 15.5 Å². The van der Waals surface area contributed by atoms with Gasteiger partial charge in [-0.3, -0.25) is 4.79 Å². The van der Waals surface area contributed by atoms with Crippen LogP contribution in [0.3, 0.4) is 0 Å². The summed E-state index contributed by atoms with van der Waals surface area (Å²) in [4.78, 5) is 13.5. The fourth-order valence-electron chi connectivity index (χ4n) is 7.15. The molecule has 1 amide bonds. The largest absolute Gasteiger partial charge is 0.393 e. The lowest BCUT2D eigenvalue weighted by Crippen LogP contribution is -2.61. The van der Waals surface area contributed by atoms with Gasteiger partial charge in [0.2, 0.25) is 0 Å². The monoisotopic (exact) mass is 425 g/mol. The number of nitrogens with one attached hydrogen (secondary N) is 1. The molecule has 2 aromatic heterocycles. The summed E-state index contributed by atoms with van der Waals surface area (Å²) in [5.41, 5.74) is 0.0383. The van der Waals surface area contributed by atoms with Crippen molar-refractivity contribution in [3.05, 3.63) is 30.2 Å². The molecule has 0 saturated heterocycles. The number of hydrogen-bond donors (Lipinski definition) is 3. The number of rotatable bonds is 4. The first-order chi connectivity index (χ1) is 15.0. The van der Waals surface area contributed by atoms with Crippen LogP contribution in [0.25, 0.3) is 5.82 Å². The van der Waals surface area contributed by atoms with Crippen molar-refractivity contribution in [2.24, 2.45) is 17.8 Å². The molecular weight excluding hydrogens is 394 g/mol. The maximum absolute atomic E-state index is 13.5. The van der Waals surface area contributed by atoms with Gasteiger partial charge in [-0.15, -0.1) is 0 Å². The third-order valence-corrected chi connectivity index (χ3v) is 8.29. The lowest BCUT2D eigenvalue weighted by Gasteiger charge is -2.58. The normalized spacial score (nSPS) is 39.0. The van der Waals surface area contributed by atoms with Crippen molar-refractivity contribution < 1.29 is 15.0 Å². The summed E-state index contributed by atoms with van der Waals surface area (Å²) in [6.07, 6.45) is 12.9. The van der Waals surface area contributed by atoms with Gasteiger partial charge in [-0.25, -0.2) is 9.36 Å². The molecule has 0 spiro atoms. The molecule has 2 unspecified atom stereocenters. The molecule has 2 atom stereocenters. The Bertz CT molecular complexity index is 946. The van der Waals surface area contributed by atoms with Gasteiger partial charge in [-0.2, -0.15) is 10.2 Å². The average Bonchev–Trinajstić information content (AvgIpc) is 3.39. The van der Waals surface area contributed by atoms with E-state index in [1.54, 1.807) is 17.1 Å². The molecule has 2 heterocycles. The highest BCUT2D eigenvalue weighted by Gasteiger charge is 2.55. The SMILES string of the molecule is O=C(NC1C2CC3CC1CC(O)(C3)C2)c1cnn(C2CCC(O)CC2)c1-n1cccn1. The standard InChI is InChI=1S/C23H31N5O3/c29-18-4-2-17(3-5-18)28-22(27-7-1-6-24-27)19(13-25-28)21(30)26-20-15-8-14-9-16(20)12-23(31,10-14)11-15/h1,6-7,13-18,20,29,31H,2-5,8-12H2,(H,26,30). The van der Waals surface area contributed by atoms with Gasteiger partial charge in [0.25, 0.3) is 5.91 Å². The molecule has 8 heteroatoms. The number of carbonyl (C=O) groups is 1. The van der Waals surface area contributed by atoms with Crippen molar-refractivity contribution >= 4 is 5.91 Å². The van der Waals surface area contributed by atoms with Crippen LogP contribution < -0.4 is 5.32 Å². The zero-order valence-corrected chi connectivity index (χ0v) is 17.7. The molecule has 166 valence electrons. The van der Waals surface area contributed by atoms with E-state index in [1.165, 1.54) is 0 Å². The van der Waals surface area contributed by atoms with Crippen LogP contribution in [0.15, 0.2) is 24.7 Å². The quantitative estimate of drug-likeness (QED) is 0.697. The first-order valence-electron chi connectivity index (χ1n) is 11.8. The van der Waals surface area contributed by atoms with Crippen molar-refractivity contribution in [3.8, 4) is 5.82 Å². The second kappa shape index (κ2) is 7.17. The number of nitrogens with zero attached hydrogens (tertiary/aromatic N) is 4. The molecule has 31 heavy (non-hydrogen) atoms. The van der Waals surface area contributed by atoms with Crippen molar-refractivity contribution in [1.82, 2.24) is 24.9 Å². The van der Waals surface area contributed by atoms with Crippen molar-refractivity contribution in [2.45, 2.75) is 81.6 Å². The third-order valence-electron chi connectivity index (χ3n) is 8.29. The molecule has 3 N–H and O–H groups in total. The molecule has 2 aromatic rings. The molecule has 5 fully saturated rings. The van der Waals surface area contributed by atoms with E-state index in [0.717, 1.165) is 57.8 Å². The molecule has 0 aliphatic heterocycles. The van der Waals surface area contributed by atoms with Crippen LogP contribution in [0, 0.1) is 17.8 Å². The van der Waals surface area contributed by atoms with Crippen LogP contribution in [0.5, 0.6) is 0 Å². The predicted octanol–water partition coefficient (Wildman–Crippen LogP) is 2.21. The Morgan fingerprint density at radius 3 is 2.48 bits per heavy atom.